The van der Waals surface area contributed by atoms with Gasteiger partial charge in [-0.25, -0.2) is 4.79 Å². The summed E-state index contributed by atoms with van der Waals surface area (Å²) >= 11 is 0. The molecule has 7 heteroatoms. The molecule has 1 atom stereocenters. The number of hydrogen-bond donors (Lipinski definition) is 1. The Balaban J connectivity index is 2.11. The van der Waals surface area contributed by atoms with Gasteiger partial charge >= 0.3 is 6.09 Å². The molecule has 1 N–H and O–H groups in total. The number of nitrogens with zero attached hydrogens (tertiary/aromatic N) is 2. The van der Waals surface area contributed by atoms with Gasteiger partial charge in [0.25, 0.3) is 5.91 Å². The Labute approximate surface area is 123 Å². The molecule has 0 aromatic carbocycles. The van der Waals surface area contributed by atoms with Crippen molar-refractivity contribution in [2.75, 3.05) is 18.6 Å². The van der Waals surface area contributed by atoms with Gasteiger partial charge < -0.3 is 19.7 Å². The van der Waals surface area contributed by atoms with E-state index in [2.05, 4.69) is 10.3 Å². The monoisotopic (exact) mass is 293 g/mol. The molecule has 0 saturated carbocycles. The molecule has 0 spiro atoms. The minimum absolute atomic E-state index is 0.0289. The lowest BCUT2D eigenvalue weighted by Crippen LogP contribution is -2.50. The number of likely N-dealkylation sites (N-methyl/N-ethyl adjacent to an activating group) is 1. The summed E-state index contributed by atoms with van der Waals surface area (Å²) < 4.78 is 10.7. The average molecular weight is 293 g/mol. The third kappa shape index (κ3) is 3.62. The van der Waals surface area contributed by atoms with Crippen molar-refractivity contribution in [3.8, 4) is 5.75 Å². The third-order valence-electron chi connectivity index (χ3n) is 2.85. The lowest BCUT2D eigenvalue weighted by atomic mass is 10.2. The molecule has 0 saturated heterocycles. The molecule has 114 valence electrons. The molecule has 0 aliphatic carbocycles. The maximum Gasteiger partial charge on any atom is 0.408 e. The summed E-state index contributed by atoms with van der Waals surface area (Å²) in [4.78, 5) is 29.6. The van der Waals surface area contributed by atoms with Crippen LogP contribution in [0, 0.1) is 0 Å². The number of anilines is 1. The van der Waals surface area contributed by atoms with Crippen LogP contribution in [0.25, 0.3) is 0 Å². The van der Waals surface area contributed by atoms with Crippen molar-refractivity contribution in [1.82, 2.24) is 10.3 Å². The zero-order valence-electron chi connectivity index (χ0n) is 12.5. The lowest BCUT2D eigenvalue weighted by molar-refractivity contribution is -0.120. The molecule has 1 aromatic rings. The fraction of sp³-hybridized carbons (Fsp3) is 0.500. The van der Waals surface area contributed by atoms with Crippen LogP contribution in [0.1, 0.15) is 20.8 Å². The summed E-state index contributed by atoms with van der Waals surface area (Å²) in [6, 6.07) is 0.876. The second kappa shape index (κ2) is 5.59. The van der Waals surface area contributed by atoms with Crippen LogP contribution in [0.15, 0.2) is 18.5 Å². The first-order valence-electron chi connectivity index (χ1n) is 6.62. The molecule has 2 amide bonds. The number of carbonyl (C=O) groups excluding carboxylic acids is 2. The van der Waals surface area contributed by atoms with Gasteiger partial charge in [0.1, 0.15) is 18.2 Å². The van der Waals surface area contributed by atoms with Crippen molar-refractivity contribution in [2.24, 2.45) is 0 Å². The number of fused-ring (bicyclic) bond motifs is 1. The van der Waals surface area contributed by atoms with Crippen LogP contribution in [0.4, 0.5) is 10.5 Å². The van der Waals surface area contributed by atoms with Crippen LogP contribution in [0.3, 0.4) is 0 Å². The van der Waals surface area contributed by atoms with Crippen LogP contribution in [0.2, 0.25) is 0 Å². The van der Waals surface area contributed by atoms with Crippen molar-refractivity contribution >= 4 is 17.7 Å². The molecule has 7 nitrogen and oxygen atoms in total. The number of nitrogens with one attached hydrogen (secondary N) is 1. The zero-order valence-corrected chi connectivity index (χ0v) is 12.5. The molecule has 21 heavy (non-hydrogen) atoms. The summed E-state index contributed by atoms with van der Waals surface area (Å²) in [6.45, 7) is 5.30. The van der Waals surface area contributed by atoms with Crippen molar-refractivity contribution in [3.05, 3.63) is 18.5 Å². The summed E-state index contributed by atoms with van der Waals surface area (Å²) in [6.07, 6.45) is 2.46. The van der Waals surface area contributed by atoms with Gasteiger partial charge in [0.15, 0.2) is 5.75 Å². The molecule has 1 aliphatic heterocycles. The Morgan fingerprint density at radius 1 is 1.52 bits per heavy atom. The van der Waals surface area contributed by atoms with Crippen LogP contribution in [-0.2, 0) is 9.53 Å². The molecule has 0 unspecified atom stereocenters. The normalized spacial score (nSPS) is 18.4. The summed E-state index contributed by atoms with van der Waals surface area (Å²) in [5.74, 6) is 0.229. The first-order chi connectivity index (χ1) is 9.78. The first kappa shape index (κ1) is 15.1. The third-order valence-corrected chi connectivity index (χ3v) is 2.85. The Bertz CT molecular complexity index is 553. The Morgan fingerprint density at radius 3 is 2.90 bits per heavy atom. The highest BCUT2D eigenvalue weighted by molar-refractivity contribution is 6.00. The smallest absolute Gasteiger partial charge is 0.408 e. The number of alkyl carbamates (subject to hydrolysis) is 1. The highest BCUT2D eigenvalue weighted by atomic mass is 16.6. The lowest BCUT2D eigenvalue weighted by Gasteiger charge is -2.23. The van der Waals surface area contributed by atoms with E-state index in [1.165, 1.54) is 11.1 Å². The second-order valence-electron chi connectivity index (χ2n) is 5.75. The van der Waals surface area contributed by atoms with Gasteiger partial charge in [-0.05, 0) is 26.8 Å². The quantitative estimate of drug-likeness (QED) is 0.845. The van der Waals surface area contributed by atoms with E-state index in [-0.39, 0.29) is 12.5 Å². The first-order valence-corrected chi connectivity index (χ1v) is 6.62. The van der Waals surface area contributed by atoms with Gasteiger partial charge in [0.05, 0.1) is 11.9 Å². The van der Waals surface area contributed by atoms with Crippen LogP contribution < -0.4 is 15.0 Å². The summed E-state index contributed by atoms with van der Waals surface area (Å²) in [7, 11) is 1.62. The minimum atomic E-state index is -0.808. The van der Waals surface area contributed by atoms with E-state index in [9.17, 15) is 9.59 Å². The molecule has 0 radical (unpaired) electrons. The largest absolute Gasteiger partial charge is 0.487 e. The van der Waals surface area contributed by atoms with E-state index < -0.39 is 17.7 Å². The van der Waals surface area contributed by atoms with Crippen LogP contribution >= 0.6 is 0 Å². The number of hydrogen-bond acceptors (Lipinski definition) is 5. The Kier molecular flexibility index (Phi) is 4.02. The SMILES string of the molecule is CN1C(=O)[C@@H](NC(=O)OC(C)(C)C)COc2cnccc21. The van der Waals surface area contributed by atoms with Crippen molar-refractivity contribution in [2.45, 2.75) is 32.4 Å². The maximum absolute atomic E-state index is 12.4. The molecule has 2 rings (SSSR count). The van der Waals surface area contributed by atoms with Crippen molar-refractivity contribution < 1.29 is 19.1 Å². The van der Waals surface area contributed by atoms with E-state index in [0.29, 0.717) is 11.4 Å². The number of aromatic nitrogens is 1. The van der Waals surface area contributed by atoms with Gasteiger partial charge in [-0.2, -0.15) is 0 Å². The molecular formula is C14H19N3O4. The predicted octanol–water partition coefficient (Wildman–Crippen LogP) is 1.33. The molecule has 1 aliphatic rings. The maximum atomic E-state index is 12.4. The van der Waals surface area contributed by atoms with Crippen molar-refractivity contribution in [1.29, 1.82) is 0 Å². The fourth-order valence-corrected chi connectivity index (χ4v) is 1.91. The highest BCUT2D eigenvalue weighted by Gasteiger charge is 2.31. The van der Waals surface area contributed by atoms with Crippen LogP contribution in [0.5, 0.6) is 5.75 Å². The number of rotatable bonds is 1. The Hall–Kier alpha value is -2.31. The Morgan fingerprint density at radius 2 is 2.24 bits per heavy atom. The van der Waals surface area contributed by atoms with Gasteiger partial charge in [0.2, 0.25) is 0 Å². The summed E-state index contributed by atoms with van der Waals surface area (Å²) in [5.41, 5.74) is -0.0131. The molecule has 0 fully saturated rings. The highest BCUT2D eigenvalue weighted by Crippen LogP contribution is 2.28. The minimum Gasteiger partial charge on any atom is -0.487 e. The predicted molar refractivity (Wildman–Crippen MR) is 76.3 cm³/mol. The van der Waals surface area contributed by atoms with E-state index >= 15 is 0 Å². The number of carbonyl (C=O) groups is 2. The van der Waals surface area contributed by atoms with E-state index in [0.717, 1.165) is 0 Å². The number of pyridine rings is 1. The summed E-state index contributed by atoms with van der Waals surface area (Å²) in [5, 5.41) is 2.53. The van der Waals surface area contributed by atoms with E-state index in [1.54, 1.807) is 40.1 Å². The zero-order chi connectivity index (χ0) is 15.6. The average Bonchev–Trinajstić information content (AvgIpc) is 2.50. The fourth-order valence-electron chi connectivity index (χ4n) is 1.91. The van der Waals surface area contributed by atoms with Gasteiger partial charge in [-0.3, -0.25) is 9.78 Å². The van der Waals surface area contributed by atoms with Gasteiger partial charge in [-0.15, -0.1) is 0 Å². The number of ether oxygens (including phenoxy) is 2. The topological polar surface area (TPSA) is 80.8 Å². The standard InChI is InChI=1S/C14H19N3O4/c1-14(2,3)21-13(19)16-9-8-20-11-7-15-6-5-10(11)17(4)12(9)18/h5-7,9H,8H2,1-4H3,(H,16,19)/t9-/m0/s1. The second-order valence-corrected chi connectivity index (χ2v) is 5.75. The van der Waals surface area contributed by atoms with Gasteiger partial charge in [-0.1, -0.05) is 0 Å². The van der Waals surface area contributed by atoms with E-state index in [4.69, 9.17) is 9.47 Å². The molecule has 2 heterocycles. The van der Waals surface area contributed by atoms with Gasteiger partial charge in [0, 0.05) is 13.2 Å². The molecular weight excluding hydrogens is 274 g/mol. The van der Waals surface area contributed by atoms with E-state index in [1.807, 2.05) is 0 Å². The number of amides is 2. The molecule has 1 aromatic heterocycles. The van der Waals surface area contributed by atoms with Crippen LogP contribution in [-0.4, -0.2) is 42.3 Å². The van der Waals surface area contributed by atoms with Crippen molar-refractivity contribution in [3.63, 3.8) is 0 Å². The molecule has 0 bridgehead atoms.